The van der Waals surface area contributed by atoms with E-state index >= 15 is 0 Å². The monoisotopic (exact) mass is 203 g/mol. The number of rotatable bonds is 2. The minimum Gasteiger partial charge on any atom is -0.475 e. The van der Waals surface area contributed by atoms with Gasteiger partial charge in [-0.2, -0.15) is 0 Å². The van der Waals surface area contributed by atoms with Crippen molar-refractivity contribution in [1.29, 1.82) is 0 Å². The number of benzene rings is 1. The van der Waals surface area contributed by atoms with E-state index in [1.807, 2.05) is 0 Å². The zero-order chi connectivity index (χ0) is 10.8. The van der Waals surface area contributed by atoms with Gasteiger partial charge in [-0.25, -0.2) is 4.99 Å². The molecule has 1 aromatic carbocycles. The summed E-state index contributed by atoms with van der Waals surface area (Å²) in [5.74, 6) is 1.35. The topological polar surface area (TPSA) is 21.6 Å². The van der Waals surface area contributed by atoms with Crippen LogP contribution in [-0.4, -0.2) is 18.5 Å². The summed E-state index contributed by atoms with van der Waals surface area (Å²) in [5, 5.41) is 0. The van der Waals surface area contributed by atoms with Crippen LogP contribution < -0.4 is 0 Å². The van der Waals surface area contributed by atoms with E-state index in [9.17, 15) is 0 Å². The first-order chi connectivity index (χ1) is 7.16. The van der Waals surface area contributed by atoms with Crippen LogP contribution in [0.25, 0.3) is 0 Å². The normalized spacial score (nSPS) is 20.3. The molecule has 0 radical (unpaired) electrons. The number of ether oxygens (including phenoxy) is 1. The molecule has 0 saturated carbocycles. The molecule has 1 aliphatic rings. The van der Waals surface area contributed by atoms with Crippen LogP contribution in [0.1, 0.15) is 25.0 Å². The minimum atomic E-state index is 0.321. The minimum absolute atomic E-state index is 0.321. The van der Waals surface area contributed by atoms with E-state index < -0.39 is 0 Å². The van der Waals surface area contributed by atoms with E-state index in [-0.39, 0.29) is 0 Å². The van der Waals surface area contributed by atoms with Crippen LogP contribution in [-0.2, 0) is 4.74 Å². The van der Waals surface area contributed by atoms with Crippen molar-refractivity contribution in [3.63, 3.8) is 0 Å². The van der Waals surface area contributed by atoms with Crippen molar-refractivity contribution < 1.29 is 4.74 Å². The van der Waals surface area contributed by atoms with E-state index in [0.29, 0.717) is 12.0 Å². The molecule has 2 nitrogen and oxygen atoms in total. The van der Waals surface area contributed by atoms with Crippen molar-refractivity contribution >= 4 is 5.90 Å². The lowest BCUT2D eigenvalue weighted by Gasteiger charge is -2.06. The zero-order valence-corrected chi connectivity index (χ0v) is 9.53. The predicted molar refractivity (Wildman–Crippen MR) is 62.3 cm³/mol. The van der Waals surface area contributed by atoms with Gasteiger partial charge < -0.3 is 4.74 Å². The smallest absolute Gasteiger partial charge is 0.216 e. The van der Waals surface area contributed by atoms with Gasteiger partial charge >= 0.3 is 0 Å². The molecule has 2 rings (SSSR count). The molecule has 0 aliphatic carbocycles. The Morgan fingerprint density at radius 2 is 1.93 bits per heavy atom. The highest BCUT2D eigenvalue weighted by Crippen LogP contribution is 2.17. The van der Waals surface area contributed by atoms with E-state index in [1.165, 1.54) is 5.56 Å². The fourth-order valence-electron chi connectivity index (χ4n) is 1.58. The first kappa shape index (κ1) is 10.2. The lowest BCUT2D eigenvalue weighted by Crippen LogP contribution is -2.13. The summed E-state index contributed by atoms with van der Waals surface area (Å²) in [6.07, 6.45) is 0. The Morgan fingerprint density at radius 3 is 2.47 bits per heavy atom. The third kappa shape index (κ3) is 2.20. The molecule has 15 heavy (non-hydrogen) atoms. The number of hydrogen-bond acceptors (Lipinski definition) is 2. The fourth-order valence-corrected chi connectivity index (χ4v) is 1.58. The zero-order valence-electron chi connectivity index (χ0n) is 9.53. The number of hydrogen-bond donors (Lipinski definition) is 0. The molecule has 0 unspecified atom stereocenters. The van der Waals surface area contributed by atoms with Crippen LogP contribution in [0.4, 0.5) is 0 Å². The van der Waals surface area contributed by atoms with Crippen molar-refractivity contribution in [1.82, 2.24) is 0 Å². The van der Waals surface area contributed by atoms with E-state index in [0.717, 1.165) is 18.1 Å². The van der Waals surface area contributed by atoms with Crippen molar-refractivity contribution in [2.45, 2.75) is 26.8 Å². The molecule has 0 bridgehead atoms. The van der Waals surface area contributed by atoms with Gasteiger partial charge in [0, 0.05) is 5.56 Å². The molecule has 1 aromatic rings. The predicted octanol–water partition coefficient (Wildman–Crippen LogP) is 2.80. The molecule has 80 valence electrons. The van der Waals surface area contributed by atoms with Crippen molar-refractivity contribution in [3.8, 4) is 0 Å². The second-order valence-electron chi connectivity index (χ2n) is 4.42. The van der Waals surface area contributed by atoms with Crippen LogP contribution in [0, 0.1) is 12.8 Å². The van der Waals surface area contributed by atoms with E-state index in [4.69, 9.17) is 4.74 Å². The highest BCUT2D eigenvalue weighted by molar-refractivity contribution is 5.95. The lowest BCUT2D eigenvalue weighted by atomic mass is 10.1. The summed E-state index contributed by atoms with van der Waals surface area (Å²) in [5.41, 5.74) is 2.35. The summed E-state index contributed by atoms with van der Waals surface area (Å²) in [6, 6.07) is 8.63. The van der Waals surface area contributed by atoms with Gasteiger partial charge in [-0.05, 0) is 25.0 Å². The van der Waals surface area contributed by atoms with Gasteiger partial charge in [0.1, 0.15) is 6.61 Å². The van der Waals surface area contributed by atoms with Crippen molar-refractivity contribution in [3.05, 3.63) is 35.4 Å². The summed E-state index contributed by atoms with van der Waals surface area (Å²) >= 11 is 0. The van der Waals surface area contributed by atoms with Gasteiger partial charge in [0.25, 0.3) is 0 Å². The molecule has 0 amide bonds. The maximum atomic E-state index is 5.60. The van der Waals surface area contributed by atoms with Crippen LogP contribution >= 0.6 is 0 Å². The maximum absolute atomic E-state index is 5.60. The Kier molecular flexibility index (Phi) is 2.76. The molecule has 0 aromatic heterocycles. The largest absolute Gasteiger partial charge is 0.475 e. The quantitative estimate of drug-likeness (QED) is 0.724. The number of aryl methyl sites for hydroxylation is 1. The summed E-state index contributed by atoms with van der Waals surface area (Å²) in [7, 11) is 0. The number of nitrogens with zero attached hydrogens (tertiary/aromatic N) is 1. The second kappa shape index (κ2) is 4.05. The summed E-state index contributed by atoms with van der Waals surface area (Å²) in [4.78, 5) is 4.58. The lowest BCUT2D eigenvalue weighted by molar-refractivity contribution is 0.292. The molecule has 1 atom stereocenters. The van der Waals surface area contributed by atoms with Gasteiger partial charge in [0.05, 0.1) is 6.04 Å². The van der Waals surface area contributed by atoms with Crippen LogP contribution in [0.5, 0.6) is 0 Å². The molecule has 1 aliphatic heterocycles. The number of aliphatic imine (C=N–C) groups is 1. The van der Waals surface area contributed by atoms with Crippen LogP contribution in [0.2, 0.25) is 0 Å². The Morgan fingerprint density at radius 1 is 1.27 bits per heavy atom. The van der Waals surface area contributed by atoms with Crippen molar-refractivity contribution in [2.24, 2.45) is 10.9 Å². The highest BCUT2D eigenvalue weighted by Gasteiger charge is 2.22. The van der Waals surface area contributed by atoms with Gasteiger partial charge in [-0.3, -0.25) is 0 Å². The molecule has 1 heterocycles. The first-order valence-corrected chi connectivity index (χ1v) is 5.44. The summed E-state index contributed by atoms with van der Waals surface area (Å²) < 4.78 is 5.60. The van der Waals surface area contributed by atoms with E-state index in [1.54, 1.807) is 0 Å². The average Bonchev–Trinajstić information content (AvgIpc) is 2.68. The second-order valence-corrected chi connectivity index (χ2v) is 4.42. The SMILES string of the molecule is Cc1ccc(C2=N[C@@H](C(C)C)CO2)cc1. The Balaban J connectivity index is 2.19. The first-order valence-electron chi connectivity index (χ1n) is 5.44. The average molecular weight is 203 g/mol. The van der Waals surface area contributed by atoms with Gasteiger partial charge in [-0.15, -0.1) is 0 Å². The third-order valence-electron chi connectivity index (χ3n) is 2.74. The van der Waals surface area contributed by atoms with Crippen LogP contribution in [0.15, 0.2) is 29.3 Å². The molecule has 0 spiro atoms. The van der Waals surface area contributed by atoms with Crippen molar-refractivity contribution in [2.75, 3.05) is 6.61 Å². The molecular weight excluding hydrogens is 186 g/mol. The Bertz CT molecular complexity index is 365. The third-order valence-corrected chi connectivity index (χ3v) is 2.74. The molecule has 2 heteroatoms. The highest BCUT2D eigenvalue weighted by atomic mass is 16.5. The standard InChI is InChI=1S/C13H17NO/c1-9(2)12-8-15-13(14-12)11-6-4-10(3)5-7-11/h4-7,9,12H,8H2,1-3H3/t12-/m1/s1. The molecule has 0 N–H and O–H groups in total. The molecular formula is C13H17NO. The molecule has 0 fully saturated rings. The summed E-state index contributed by atoms with van der Waals surface area (Å²) in [6.45, 7) is 7.16. The van der Waals surface area contributed by atoms with Gasteiger partial charge in [0.2, 0.25) is 5.90 Å². The van der Waals surface area contributed by atoms with E-state index in [2.05, 4.69) is 50.0 Å². The maximum Gasteiger partial charge on any atom is 0.216 e. The van der Waals surface area contributed by atoms with Gasteiger partial charge in [-0.1, -0.05) is 31.5 Å². The molecule has 0 saturated heterocycles. The fraction of sp³-hybridized carbons (Fsp3) is 0.462. The Labute approximate surface area is 91.0 Å². The Hall–Kier alpha value is -1.31. The van der Waals surface area contributed by atoms with Crippen LogP contribution in [0.3, 0.4) is 0 Å². The van der Waals surface area contributed by atoms with Gasteiger partial charge in [0.15, 0.2) is 0 Å².